The number of hydrogen-bond donors (Lipinski definition) is 2. The zero-order chi connectivity index (χ0) is 21.5. The van der Waals surface area contributed by atoms with Crippen molar-refractivity contribution in [2.75, 3.05) is 32.7 Å². The highest BCUT2D eigenvalue weighted by molar-refractivity contribution is 5.94. The Bertz CT molecular complexity index is 721. The number of nitrogens with zero attached hydrogens (tertiary/aromatic N) is 2. The summed E-state index contributed by atoms with van der Waals surface area (Å²) >= 11 is 0. The van der Waals surface area contributed by atoms with E-state index in [1.54, 1.807) is 0 Å². The lowest BCUT2D eigenvalue weighted by molar-refractivity contribution is 0.0938. The zero-order valence-electron chi connectivity index (χ0n) is 18.8. The minimum atomic E-state index is -0.00766. The van der Waals surface area contributed by atoms with Crippen molar-refractivity contribution >= 4 is 11.9 Å². The first kappa shape index (κ1) is 22.6. The maximum atomic E-state index is 12.7. The standard InChI is InChI=1S/C24H38N4O2/c1-18(2)26-24(30)28-14-7-11-22(17-28)20-9-6-10-21(16-20)23(29)25-12-15-27-13-5-4-8-19(27)3/h6,9-10,16,18-19,22H,4-5,7-8,11-15,17H2,1-3H3,(H,25,29)(H,26,30). The van der Waals surface area contributed by atoms with E-state index in [0.717, 1.165) is 38.0 Å². The summed E-state index contributed by atoms with van der Waals surface area (Å²) in [7, 11) is 0. The van der Waals surface area contributed by atoms with Crippen LogP contribution in [-0.4, -0.2) is 66.5 Å². The third kappa shape index (κ3) is 6.21. The van der Waals surface area contributed by atoms with Crippen LogP contribution in [0.1, 0.15) is 74.7 Å². The third-order valence-corrected chi connectivity index (χ3v) is 6.37. The molecular formula is C24H38N4O2. The Hall–Kier alpha value is -2.08. The lowest BCUT2D eigenvalue weighted by atomic mass is 9.89. The van der Waals surface area contributed by atoms with Crippen LogP contribution in [0, 0.1) is 0 Å². The van der Waals surface area contributed by atoms with Crippen molar-refractivity contribution < 1.29 is 9.59 Å². The largest absolute Gasteiger partial charge is 0.351 e. The molecule has 0 radical (unpaired) electrons. The minimum Gasteiger partial charge on any atom is -0.351 e. The summed E-state index contributed by atoms with van der Waals surface area (Å²) in [5.41, 5.74) is 1.86. The molecule has 6 nitrogen and oxygen atoms in total. The third-order valence-electron chi connectivity index (χ3n) is 6.37. The Morgan fingerprint density at radius 3 is 2.73 bits per heavy atom. The van der Waals surface area contributed by atoms with Crippen LogP contribution in [-0.2, 0) is 0 Å². The number of likely N-dealkylation sites (tertiary alicyclic amines) is 2. The fourth-order valence-corrected chi connectivity index (χ4v) is 4.61. The molecule has 30 heavy (non-hydrogen) atoms. The number of nitrogens with one attached hydrogen (secondary N) is 2. The van der Waals surface area contributed by atoms with E-state index in [-0.39, 0.29) is 23.9 Å². The van der Waals surface area contributed by atoms with E-state index in [4.69, 9.17) is 0 Å². The van der Waals surface area contributed by atoms with Crippen LogP contribution in [0.2, 0.25) is 0 Å². The molecule has 2 aliphatic heterocycles. The molecular weight excluding hydrogens is 376 g/mol. The first-order valence-electron chi connectivity index (χ1n) is 11.6. The number of rotatable bonds is 6. The number of carbonyl (C=O) groups excluding carboxylic acids is 2. The number of urea groups is 1. The van der Waals surface area contributed by atoms with Crippen molar-refractivity contribution in [1.82, 2.24) is 20.4 Å². The van der Waals surface area contributed by atoms with Gasteiger partial charge in [0.2, 0.25) is 0 Å². The maximum Gasteiger partial charge on any atom is 0.317 e. The monoisotopic (exact) mass is 414 g/mol. The smallest absolute Gasteiger partial charge is 0.317 e. The Morgan fingerprint density at radius 2 is 1.97 bits per heavy atom. The molecule has 2 aliphatic rings. The molecule has 0 saturated carbocycles. The molecule has 0 aliphatic carbocycles. The zero-order valence-corrected chi connectivity index (χ0v) is 18.8. The van der Waals surface area contributed by atoms with Crippen molar-refractivity contribution in [3.05, 3.63) is 35.4 Å². The molecule has 6 heteroatoms. The van der Waals surface area contributed by atoms with E-state index in [2.05, 4.69) is 28.5 Å². The van der Waals surface area contributed by atoms with Gasteiger partial charge in [0.15, 0.2) is 0 Å². The van der Waals surface area contributed by atoms with E-state index >= 15 is 0 Å². The fraction of sp³-hybridized carbons (Fsp3) is 0.667. The van der Waals surface area contributed by atoms with Gasteiger partial charge in [-0.3, -0.25) is 9.69 Å². The summed E-state index contributed by atoms with van der Waals surface area (Å²) in [4.78, 5) is 29.4. The quantitative estimate of drug-likeness (QED) is 0.748. The minimum absolute atomic E-state index is 0.00766. The van der Waals surface area contributed by atoms with Crippen LogP contribution in [0.25, 0.3) is 0 Å². The molecule has 2 heterocycles. The summed E-state index contributed by atoms with van der Waals surface area (Å²) < 4.78 is 0. The van der Waals surface area contributed by atoms with E-state index in [1.165, 1.54) is 19.3 Å². The molecule has 0 bridgehead atoms. The average Bonchev–Trinajstić information content (AvgIpc) is 2.75. The highest BCUT2D eigenvalue weighted by Crippen LogP contribution is 2.27. The van der Waals surface area contributed by atoms with Crippen LogP contribution in [0.5, 0.6) is 0 Å². The molecule has 2 N–H and O–H groups in total. The van der Waals surface area contributed by atoms with E-state index in [0.29, 0.717) is 24.7 Å². The SMILES string of the molecule is CC(C)NC(=O)N1CCCC(c2cccc(C(=O)NCCN3CCCCC3C)c2)C1. The van der Waals surface area contributed by atoms with E-state index in [9.17, 15) is 9.59 Å². The van der Waals surface area contributed by atoms with E-state index < -0.39 is 0 Å². The molecule has 2 saturated heterocycles. The first-order chi connectivity index (χ1) is 14.4. The lowest BCUT2D eigenvalue weighted by Crippen LogP contribution is -2.47. The molecule has 166 valence electrons. The van der Waals surface area contributed by atoms with Crippen molar-refractivity contribution in [2.24, 2.45) is 0 Å². The number of benzene rings is 1. The molecule has 3 amide bonds. The highest BCUT2D eigenvalue weighted by Gasteiger charge is 2.25. The molecule has 1 aromatic rings. The Balaban J connectivity index is 1.54. The van der Waals surface area contributed by atoms with Crippen molar-refractivity contribution in [3.8, 4) is 0 Å². The number of carbonyl (C=O) groups is 2. The average molecular weight is 415 g/mol. The Labute approximate surface area is 181 Å². The van der Waals surface area contributed by atoms with Gasteiger partial charge in [-0.1, -0.05) is 18.6 Å². The van der Waals surface area contributed by atoms with Gasteiger partial charge in [0.25, 0.3) is 5.91 Å². The first-order valence-corrected chi connectivity index (χ1v) is 11.6. The van der Waals surface area contributed by atoms with Gasteiger partial charge in [0.05, 0.1) is 0 Å². The van der Waals surface area contributed by atoms with Gasteiger partial charge in [-0.15, -0.1) is 0 Å². The molecule has 2 unspecified atom stereocenters. The van der Waals surface area contributed by atoms with Crippen LogP contribution >= 0.6 is 0 Å². The predicted molar refractivity (Wildman–Crippen MR) is 121 cm³/mol. The van der Waals surface area contributed by atoms with Crippen molar-refractivity contribution in [1.29, 1.82) is 0 Å². The van der Waals surface area contributed by atoms with Gasteiger partial charge in [-0.2, -0.15) is 0 Å². The molecule has 3 rings (SSSR count). The van der Waals surface area contributed by atoms with Gasteiger partial charge in [0, 0.05) is 49.7 Å². The van der Waals surface area contributed by atoms with Gasteiger partial charge in [0.1, 0.15) is 0 Å². The Kier molecular flexibility index (Phi) is 8.14. The number of piperidine rings is 2. The van der Waals surface area contributed by atoms with Gasteiger partial charge >= 0.3 is 6.03 Å². The van der Waals surface area contributed by atoms with Crippen LogP contribution in [0.4, 0.5) is 4.79 Å². The van der Waals surface area contributed by atoms with Crippen molar-refractivity contribution in [3.63, 3.8) is 0 Å². The van der Waals surface area contributed by atoms with Crippen LogP contribution < -0.4 is 10.6 Å². The number of amides is 3. The van der Waals surface area contributed by atoms with Gasteiger partial charge in [-0.25, -0.2) is 4.79 Å². The van der Waals surface area contributed by atoms with Crippen molar-refractivity contribution in [2.45, 2.75) is 70.9 Å². The second-order valence-corrected chi connectivity index (χ2v) is 9.15. The van der Waals surface area contributed by atoms with Gasteiger partial charge < -0.3 is 15.5 Å². The summed E-state index contributed by atoms with van der Waals surface area (Å²) in [5.74, 6) is 0.269. The maximum absolute atomic E-state index is 12.7. The Morgan fingerprint density at radius 1 is 1.13 bits per heavy atom. The lowest BCUT2D eigenvalue weighted by Gasteiger charge is -2.33. The topological polar surface area (TPSA) is 64.7 Å². The van der Waals surface area contributed by atoms with Crippen LogP contribution in [0.15, 0.2) is 24.3 Å². The summed E-state index contributed by atoms with van der Waals surface area (Å²) in [6.07, 6.45) is 5.86. The molecule has 2 fully saturated rings. The molecule has 0 aromatic heterocycles. The van der Waals surface area contributed by atoms with Gasteiger partial charge in [-0.05, 0) is 70.7 Å². The van der Waals surface area contributed by atoms with Crippen LogP contribution in [0.3, 0.4) is 0 Å². The summed E-state index contributed by atoms with van der Waals surface area (Å²) in [6.45, 7) is 10.5. The fourth-order valence-electron chi connectivity index (χ4n) is 4.61. The molecule has 2 atom stereocenters. The second-order valence-electron chi connectivity index (χ2n) is 9.15. The summed E-state index contributed by atoms with van der Waals surface area (Å²) in [5, 5.41) is 6.08. The normalized spacial score (nSPS) is 22.7. The molecule has 0 spiro atoms. The summed E-state index contributed by atoms with van der Waals surface area (Å²) in [6, 6.07) is 8.70. The number of hydrogen-bond acceptors (Lipinski definition) is 3. The predicted octanol–water partition coefficient (Wildman–Crippen LogP) is 3.59. The highest BCUT2D eigenvalue weighted by atomic mass is 16.2. The molecule has 1 aromatic carbocycles. The van der Waals surface area contributed by atoms with E-state index in [1.807, 2.05) is 36.9 Å². The second kappa shape index (κ2) is 10.8.